The molecule has 1 aliphatic heterocycles. The summed E-state index contributed by atoms with van der Waals surface area (Å²) < 4.78 is 5.30. The molecule has 0 spiro atoms. The molecule has 1 saturated heterocycles. The van der Waals surface area contributed by atoms with Crippen LogP contribution >= 0.6 is 0 Å². The molecular formula is C16H21NO3. The molecule has 1 amide bonds. The van der Waals surface area contributed by atoms with Crippen molar-refractivity contribution in [3.63, 3.8) is 0 Å². The average molecular weight is 275 g/mol. The minimum atomic E-state index is -0.0446. The molecule has 1 heterocycles. The molecule has 0 saturated carbocycles. The minimum absolute atomic E-state index is 0.0446. The van der Waals surface area contributed by atoms with Gasteiger partial charge in [-0.3, -0.25) is 9.59 Å². The van der Waals surface area contributed by atoms with Crippen LogP contribution in [0.15, 0.2) is 18.2 Å². The molecule has 0 aliphatic carbocycles. The maximum atomic E-state index is 12.6. The minimum Gasteiger partial charge on any atom is -0.496 e. The first-order chi connectivity index (χ1) is 9.52. The normalized spacial score (nSPS) is 15.6. The van der Waals surface area contributed by atoms with Crippen LogP contribution in [-0.2, 0) is 4.79 Å². The predicted octanol–water partition coefficient (Wildman–Crippen LogP) is 2.62. The molecule has 0 unspecified atom stereocenters. The van der Waals surface area contributed by atoms with Gasteiger partial charge < -0.3 is 9.64 Å². The average Bonchev–Trinajstić information content (AvgIpc) is 2.46. The Bertz CT molecular complexity index is 512. The third-order valence-corrected chi connectivity index (χ3v) is 3.73. The topological polar surface area (TPSA) is 46.6 Å². The Balaban J connectivity index is 2.27. The van der Waals surface area contributed by atoms with Crippen LogP contribution in [0, 0.1) is 0 Å². The molecule has 2 rings (SSSR count). The van der Waals surface area contributed by atoms with Gasteiger partial charge in [-0.15, -0.1) is 0 Å². The summed E-state index contributed by atoms with van der Waals surface area (Å²) >= 11 is 0. The van der Waals surface area contributed by atoms with Crippen LogP contribution in [0.1, 0.15) is 48.5 Å². The summed E-state index contributed by atoms with van der Waals surface area (Å²) in [5.41, 5.74) is 1.70. The van der Waals surface area contributed by atoms with Gasteiger partial charge in [-0.25, -0.2) is 0 Å². The first-order valence-corrected chi connectivity index (χ1v) is 7.02. The molecular weight excluding hydrogens is 254 g/mol. The van der Waals surface area contributed by atoms with Crippen molar-refractivity contribution >= 4 is 11.7 Å². The van der Waals surface area contributed by atoms with Gasteiger partial charge >= 0.3 is 0 Å². The lowest BCUT2D eigenvalue weighted by Crippen LogP contribution is -2.38. The van der Waals surface area contributed by atoms with Crippen molar-refractivity contribution < 1.29 is 14.3 Å². The number of hydrogen-bond acceptors (Lipinski definition) is 3. The standard InChI is InChI=1S/C16H21NO3/c1-11(2)12-4-5-15(20-3)14(10-12)16(19)17-8-6-13(18)7-9-17/h4-5,10-11H,6-9H2,1-3H3. The van der Waals surface area contributed by atoms with Gasteiger partial charge in [-0.2, -0.15) is 0 Å². The number of likely N-dealkylation sites (tertiary alicyclic amines) is 1. The Hall–Kier alpha value is -1.84. The Morgan fingerprint density at radius 2 is 1.90 bits per heavy atom. The Morgan fingerprint density at radius 3 is 2.45 bits per heavy atom. The van der Waals surface area contributed by atoms with Gasteiger partial charge in [0.1, 0.15) is 11.5 Å². The molecule has 0 aromatic heterocycles. The van der Waals surface area contributed by atoms with Crippen molar-refractivity contribution in [2.24, 2.45) is 0 Å². The van der Waals surface area contributed by atoms with E-state index in [1.165, 1.54) is 0 Å². The number of benzene rings is 1. The highest BCUT2D eigenvalue weighted by atomic mass is 16.5. The molecule has 1 fully saturated rings. The fraction of sp³-hybridized carbons (Fsp3) is 0.500. The highest BCUT2D eigenvalue weighted by Gasteiger charge is 2.24. The van der Waals surface area contributed by atoms with E-state index in [1.807, 2.05) is 18.2 Å². The molecule has 108 valence electrons. The maximum Gasteiger partial charge on any atom is 0.257 e. The van der Waals surface area contributed by atoms with E-state index >= 15 is 0 Å². The van der Waals surface area contributed by atoms with E-state index in [0.29, 0.717) is 43.2 Å². The van der Waals surface area contributed by atoms with Gasteiger partial charge in [0, 0.05) is 25.9 Å². The summed E-state index contributed by atoms with van der Waals surface area (Å²) in [6.45, 7) is 5.20. The zero-order chi connectivity index (χ0) is 14.7. The number of nitrogens with zero attached hydrogens (tertiary/aromatic N) is 1. The van der Waals surface area contributed by atoms with E-state index in [-0.39, 0.29) is 11.7 Å². The number of ketones is 1. The van der Waals surface area contributed by atoms with Gasteiger partial charge in [0.15, 0.2) is 0 Å². The summed E-state index contributed by atoms with van der Waals surface area (Å²) in [5.74, 6) is 1.14. The zero-order valence-corrected chi connectivity index (χ0v) is 12.3. The molecule has 1 aromatic rings. The lowest BCUT2D eigenvalue weighted by Gasteiger charge is -2.27. The maximum absolute atomic E-state index is 12.6. The summed E-state index contributed by atoms with van der Waals surface area (Å²) in [6, 6.07) is 5.74. The zero-order valence-electron chi connectivity index (χ0n) is 12.3. The largest absolute Gasteiger partial charge is 0.496 e. The van der Waals surface area contributed by atoms with Crippen molar-refractivity contribution in [1.29, 1.82) is 0 Å². The van der Waals surface area contributed by atoms with Gasteiger partial charge in [0.25, 0.3) is 5.91 Å². The van der Waals surface area contributed by atoms with Crippen LogP contribution in [0.5, 0.6) is 5.75 Å². The number of carbonyl (C=O) groups is 2. The Labute approximate surface area is 119 Å². The van der Waals surface area contributed by atoms with E-state index in [4.69, 9.17) is 4.74 Å². The highest BCUT2D eigenvalue weighted by molar-refractivity contribution is 5.98. The molecule has 1 aromatic carbocycles. The number of rotatable bonds is 3. The van der Waals surface area contributed by atoms with E-state index in [2.05, 4.69) is 13.8 Å². The Kier molecular flexibility index (Phi) is 4.42. The smallest absolute Gasteiger partial charge is 0.257 e. The highest BCUT2D eigenvalue weighted by Crippen LogP contribution is 2.26. The molecule has 4 heteroatoms. The van der Waals surface area contributed by atoms with Crippen LogP contribution in [0.4, 0.5) is 0 Å². The van der Waals surface area contributed by atoms with Crippen molar-refractivity contribution in [1.82, 2.24) is 4.90 Å². The van der Waals surface area contributed by atoms with Gasteiger partial charge in [0.2, 0.25) is 0 Å². The quantitative estimate of drug-likeness (QED) is 0.852. The van der Waals surface area contributed by atoms with Crippen molar-refractivity contribution in [3.05, 3.63) is 29.3 Å². The fourth-order valence-corrected chi connectivity index (χ4v) is 2.38. The van der Waals surface area contributed by atoms with Crippen LogP contribution in [-0.4, -0.2) is 36.8 Å². The summed E-state index contributed by atoms with van der Waals surface area (Å²) in [6.07, 6.45) is 0.913. The summed E-state index contributed by atoms with van der Waals surface area (Å²) in [7, 11) is 1.57. The second-order valence-electron chi connectivity index (χ2n) is 5.45. The van der Waals surface area contributed by atoms with Crippen LogP contribution in [0.2, 0.25) is 0 Å². The lowest BCUT2D eigenvalue weighted by atomic mass is 9.99. The monoisotopic (exact) mass is 275 g/mol. The van der Waals surface area contributed by atoms with Gasteiger partial charge in [0.05, 0.1) is 12.7 Å². The van der Waals surface area contributed by atoms with Crippen molar-refractivity contribution in [2.75, 3.05) is 20.2 Å². The molecule has 4 nitrogen and oxygen atoms in total. The van der Waals surface area contributed by atoms with E-state index < -0.39 is 0 Å². The van der Waals surface area contributed by atoms with Crippen LogP contribution in [0.25, 0.3) is 0 Å². The van der Waals surface area contributed by atoms with E-state index in [1.54, 1.807) is 12.0 Å². The van der Waals surface area contributed by atoms with Crippen LogP contribution in [0.3, 0.4) is 0 Å². The van der Waals surface area contributed by atoms with E-state index in [9.17, 15) is 9.59 Å². The van der Waals surface area contributed by atoms with E-state index in [0.717, 1.165) is 5.56 Å². The number of hydrogen-bond donors (Lipinski definition) is 0. The molecule has 1 aliphatic rings. The summed E-state index contributed by atoms with van der Waals surface area (Å²) in [4.78, 5) is 25.6. The fourth-order valence-electron chi connectivity index (χ4n) is 2.38. The number of methoxy groups -OCH3 is 1. The molecule has 0 bridgehead atoms. The molecule has 0 N–H and O–H groups in total. The second-order valence-corrected chi connectivity index (χ2v) is 5.45. The number of ether oxygens (including phenoxy) is 1. The molecule has 20 heavy (non-hydrogen) atoms. The lowest BCUT2D eigenvalue weighted by molar-refractivity contribution is -0.120. The van der Waals surface area contributed by atoms with Gasteiger partial charge in [-0.1, -0.05) is 19.9 Å². The molecule has 0 radical (unpaired) electrons. The van der Waals surface area contributed by atoms with Crippen molar-refractivity contribution in [2.45, 2.75) is 32.6 Å². The first kappa shape index (κ1) is 14.6. The summed E-state index contributed by atoms with van der Waals surface area (Å²) in [5, 5.41) is 0. The van der Waals surface area contributed by atoms with Gasteiger partial charge in [-0.05, 0) is 23.6 Å². The number of carbonyl (C=O) groups excluding carboxylic acids is 2. The molecule has 0 atom stereocenters. The van der Waals surface area contributed by atoms with Crippen LogP contribution < -0.4 is 4.74 Å². The SMILES string of the molecule is COc1ccc(C(C)C)cc1C(=O)N1CCC(=O)CC1. The van der Waals surface area contributed by atoms with Crippen molar-refractivity contribution in [3.8, 4) is 5.75 Å². The third-order valence-electron chi connectivity index (χ3n) is 3.73. The number of piperidine rings is 1. The first-order valence-electron chi connectivity index (χ1n) is 7.02. The second kappa shape index (κ2) is 6.07. The third kappa shape index (κ3) is 3.00. The predicted molar refractivity (Wildman–Crippen MR) is 77.2 cm³/mol. The Morgan fingerprint density at radius 1 is 1.25 bits per heavy atom. The number of amides is 1. The number of Topliss-reactive ketones (excluding diaryl/α,β-unsaturated/α-hetero) is 1.